The molecule has 1 heterocycles. The Labute approximate surface area is 121 Å². The van der Waals surface area contributed by atoms with Gasteiger partial charge in [-0.1, -0.05) is 6.07 Å². The van der Waals surface area contributed by atoms with Crippen LogP contribution < -0.4 is 16.8 Å². The number of anilines is 2. The van der Waals surface area contributed by atoms with Crippen molar-refractivity contribution in [1.82, 2.24) is 9.78 Å². The molecule has 7 heteroatoms. The van der Waals surface area contributed by atoms with Crippen LogP contribution in [0.25, 0.3) is 0 Å². The van der Waals surface area contributed by atoms with E-state index in [-0.39, 0.29) is 11.5 Å². The summed E-state index contributed by atoms with van der Waals surface area (Å²) in [5.74, 6) is -0.844. The molecule has 0 saturated carbocycles. The summed E-state index contributed by atoms with van der Waals surface area (Å²) in [5, 5.41) is 6.76. The van der Waals surface area contributed by atoms with E-state index in [1.165, 1.54) is 17.1 Å². The molecule has 0 aliphatic heterocycles. The number of amides is 2. The van der Waals surface area contributed by atoms with Crippen molar-refractivity contribution in [2.75, 3.05) is 11.1 Å². The van der Waals surface area contributed by atoms with E-state index >= 15 is 0 Å². The standard InChI is InChI=1S/C14H17N5O2/c1-8-11(15)4-3-5-12(8)18-14(21)9(2)19-7-10(6-17-19)13(16)20/h3-7,9H,15H2,1-2H3,(H2,16,20)(H,18,21). The summed E-state index contributed by atoms with van der Waals surface area (Å²) >= 11 is 0. The molecule has 0 radical (unpaired) electrons. The maximum Gasteiger partial charge on any atom is 0.251 e. The van der Waals surface area contributed by atoms with Gasteiger partial charge in [-0.25, -0.2) is 0 Å². The molecule has 1 unspecified atom stereocenters. The van der Waals surface area contributed by atoms with Crippen molar-refractivity contribution in [3.05, 3.63) is 41.7 Å². The Morgan fingerprint density at radius 1 is 1.38 bits per heavy atom. The molecule has 7 nitrogen and oxygen atoms in total. The van der Waals surface area contributed by atoms with Crippen LogP contribution in [0.3, 0.4) is 0 Å². The van der Waals surface area contributed by atoms with E-state index in [0.29, 0.717) is 11.4 Å². The number of carbonyl (C=O) groups excluding carboxylic acids is 2. The highest BCUT2D eigenvalue weighted by atomic mass is 16.2. The first-order chi connectivity index (χ1) is 9.90. The average molecular weight is 287 g/mol. The third kappa shape index (κ3) is 3.02. The number of primary amides is 1. The minimum atomic E-state index is -0.584. The molecule has 1 aromatic heterocycles. The summed E-state index contributed by atoms with van der Waals surface area (Å²) in [4.78, 5) is 23.3. The van der Waals surface area contributed by atoms with Crippen molar-refractivity contribution in [2.45, 2.75) is 19.9 Å². The Morgan fingerprint density at radius 2 is 2.10 bits per heavy atom. The van der Waals surface area contributed by atoms with Crippen LogP contribution in [-0.4, -0.2) is 21.6 Å². The van der Waals surface area contributed by atoms with Gasteiger partial charge in [0.2, 0.25) is 5.91 Å². The highest BCUT2D eigenvalue weighted by molar-refractivity contribution is 5.95. The quantitative estimate of drug-likeness (QED) is 0.729. The lowest BCUT2D eigenvalue weighted by molar-refractivity contribution is -0.119. The van der Waals surface area contributed by atoms with Crippen molar-refractivity contribution in [2.24, 2.45) is 5.73 Å². The number of carbonyl (C=O) groups is 2. The molecule has 0 aliphatic carbocycles. The second-order valence-corrected chi connectivity index (χ2v) is 4.76. The summed E-state index contributed by atoms with van der Waals surface area (Å²) in [6.45, 7) is 3.50. The maximum atomic E-state index is 12.2. The number of hydrogen-bond donors (Lipinski definition) is 3. The third-order valence-corrected chi connectivity index (χ3v) is 3.30. The summed E-state index contributed by atoms with van der Waals surface area (Å²) in [6, 6.07) is 4.72. The Kier molecular flexibility index (Phi) is 3.93. The molecule has 1 aromatic carbocycles. The van der Waals surface area contributed by atoms with E-state index in [1.807, 2.05) is 6.92 Å². The third-order valence-electron chi connectivity index (χ3n) is 3.30. The first-order valence-electron chi connectivity index (χ1n) is 6.40. The lowest BCUT2D eigenvalue weighted by Gasteiger charge is -2.14. The molecule has 1 atom stereocenters. The van der Waals surface area contributed by atoms with Crippen LogP contribution in [0.15, 0.2) is 30.6 Å². The fourth-order valence-electron chi connectivity index (χ4n) is 1.82. The van der Waals surface area contributed by atoms with Crippen LogP contribution in [0, 0.1) is 6.92 Å². The maximum absolute atomic E-state index is 12.2. The number of nitrogens with one attached hydrogen (secondary N) is 1. The van der Waals surface area contributed by atoms with Crippen LogP contribution in [0.5, 0.6) is 0 Å². The van der Waals surface area contributed by atoms with E-state index in [9.17, 15) is 9.59 Å². The molecule has 2 rings (SSSR count). The second-order valence-electron chi connectivity index (χ2n) is 4.76. The predicted octanol–water partition coefficient (Wildman–Crippen LogP) is 1.07. The fourth-order valence-corrected chi connectivity index (χ4v) is 1.82. The van der Waals surface area contributed by atoms with Crippen LogP contribution in [0.2, 0.25) is 0 Å². The number of nitrogen functional groups attached to an aromatic ring is 1. The van der Waals surface area contributed by atoms with Gasteiger partial charge in [-0.15, -0.1) is 0 Å². The van der Waals surface area contributed by atoms with Gasteiger partial charge < -0.3 is 16.8 Å². The van der Waals surface area contributed by atoms with Gasteiger partial charge in [0.1, 0.15) is 6.04 Å². The smallest absolute Gasteiger partial charge is 0.251 e. The molecule has 0 saturated heterocycles. The number of nitrogens with zero attached hydrogens (tertiary/aromatic N) is 2. The SMILES string of the molecule is Cc1c(N)cccc1NC(=O)C(C)n1cc(C(N)=O)cn1. The summed E-state index contributed by atoms with van der Waals surface area (Å²) in [6.07, 6.45) is 2.77. The molecule has 21 heavy (non-hydrogen) atoms. The number of rotatable bonds is 4. The van der Waals surface area contributed by atoms with E-state index in [4.69, 9.17) is 11.5 Å². The minimum absolute atomic E-state index is 0.259. The zero-order valence-corrected chi connectivity index (χ0v) is 11.8. The van der Waals surface area contributed by atoms with Gasteiger partial charge in [-0.05, 0) is 31.5 Å². The van der Waals surface area contributed by atoms with Gasteiger partial charge in [0.15, 0.2) is 0 Å². The molecule has 0 bridgehead atoms. The Balaban J connectivity index is 2.15. The average Bonchev–Trinajstić information content (AvgIpc) is 2.93. The molecule has 0 spiro atoms. The van der Waals surface area contributed by atoms with Gasteiger partial charge in [0, 0.05) is 17.6 Å². The Morgan fingerprint density at radius 3 is 2.71 bits per heavy atom. The second kappa shape index (κ2) is 5.66. The lowest BCUT2D eigenvalue weighted by atomic mass is 10.1. The van der Waals surface area contributed by atoms with Crippen molar-refractivity contribution in [3.8, 4) is 0 Å². The first-order valence-corrected chi connectivity index (χ1v) is 6.40. The molecule has 2 aromatic rings. The van der Waals surface area contributed by atoms with Crippen LogP contribution >= 0.6 is 0 Å². The van der Waals surface area contributed by atoms with Crippen molar-refractivity contribution < 1.29 is 9.59 Å². The van der Waals surface area contributed by atoms with Gasteiger partial charge in [0.25, 0.3) is 5.91 Å². The van der Waals surface area contributed by atoms with E-state index in [0.717, 1.165) is 5.56 Å². The van der Waals surface area contributed by atoms with Crippen LogP contribution in [0.4, 0.5) is 11.4 Å². The lowest BCUT2D eigenvalue weighted by Crippen LogP contribution is -2.24. The highest BCUT2D eigenvalue weighted by Gasteiger charge is 2.18. The van der Waals surface area contributed by atoms with Crippen molar-refractivity contribution >= 4 is 23.2 Å². The van der Waals surface area contributed by atoms with Crippen LogP contribution in [0.1, 0.15) is 28.9 Å². The van der Waals surface area contributed by atoms with Crippen LogP contribution in [-0.2, 0) is 4.79 Å². The number of benzene rings is 1. The van der Waals surface area contributed by atoms with E-state index in [1.54, 1.807) is 25.1 Å². The topological polar surface area (TPSA) is 116 Å². The number of hydrogen-bond acceptors (Lipinski definition) is 4. The van der Waals surface area contributed by atoms with Gasteiger partial charge in [-0.2, -0.15) is 5.10 Å². The molecule has 5 N–H and O–H groups in total. The molecule has 0 aliphatic rings. The molecule has 0 fully saturated rings. The van der Waals surface area contributed by atoms with E-state index in [2.05, 4.69) is 10.4 Å². The monoisotopic (exact) mass is 287 g/mol. The van der Waals surface area contributed by atoms with Crippen molar-refractivity contribution in [3.63, 3.8) is 0 Å². The van der Waals surface area contributed by atoms with Gasteiger partial charge >= 0.3 is 0 Å². The fraction of sp³-hybridized carbons (Fsp3) is 0.214. The van der Waals surface area contributed by atoms with Crippen molar-refractivity contribution in [1.29, 1.82) is 0 Å². The molecule has 2 amide bonds. The van der Waals surface area contributed by atoms with Gasteiger partial charge in [0.05, 0.1) is 11.8 Å². The normalized spacial score (nSPS) is 11.9. The zero-order chi connectivity index (χ0) is 15.6. The minimum Gasteiger partial charge on any atom is -0.398 e. The first kappa shape index (κ1) is 14.6. The summed E-state index contributed by atoms with van der Waals surface area (Å²) in [7, 11) is 0. The van der Waals surface area contributed by atoms with E-state index < -0.39 is 11.9 Å². The molecular weight excluding hydrogens is 270 g/mol. The number of nitrogens with two attached hydrogens (primary N) is 2. The molecular formula is C14H17N5O2. The summed E-state index contributed by atoms with van der Waals surface area (Å²) in [5.41, 5.74) is 13.3. The predicted molar refractivity (Wildman–Crippen MR) is 79.7 cm³/mol. The summed E-state index contributed by atoms with van der Waals surface area (Å²) < 4.78 is 1.39. The highest BCUT2D eigenvalue weighted by Crippen LogP contribution is 2.21. The largest absolute Gasteiger partial charge is 0.398 e. The Bertz CT molecular complexity index is 692. The molecule has 110 valence electrons. The zero-order valence-electron chi connectivity index (χ0n) is 11.8. The number of aromatic nitrogens is 2. The van der Waals surface area contributed by atoms with Gasteiger partial charge in [-0.3, -0.25) is 14.3 Å². The Hall–Kier alpha value is -2.83.